The number of Topliss-reactive ketones (excluding diaryl/α,β-unsaturated/α-hetero) is 2. The van der Waals surface area contributed by atoms with E-state index in [1.54, 1.807) is 0 Å². The molecule has 0 saturated heterocycles. The lowest BCUT2D eigenvalue weighted by Crippen LogP contribution is -2.13. The second-order valence-electron chi connectivity index (χ2n) is 3.24. The minimum atomic E-state index is -0.618. The highest BCUT2D eigenvalue weighted by Gasteiger charge is 2.13. The molecular weight excluding hydrogens is 194 g/mol. The molecule has 0 saturated carbocycles. The number of nitrogens with two attached hydrogens (primary N) is 1. The first-order chi connectivity index (χ1) is 6.93. The van der Waals surface area contributed by atoms with Gasteiger partial charge in [-0.3, -0.25) is 14.4 Å². The third-order valence-electron chi connectivity index (χ3n) is 2.06. The molecule has 0 aliphatic carbocycles. The number of ketones is 2. The van der Waals surface area contributed by atoms with Gasteiger partial charge in [-0.05, 0) is 32.0 Å². The molecule has 0 aliphatic rings. The van der Waals surface area contributed by atoms with E-state index in [1.807, 2.05) is 0 Å². The van der Waals surface area contributed by atoms with Crippen molar-refractivity contribution in [3.05, 3.63) is 34.9 Å². The molecule has 0 aliphatic heterocycles. The summed E-state index contributed by atoms with van der Waals surface area (Å²) in [7, 11) is 0. The third-order valence-corrected chi connectivity index (χ3v) is 2.06. The maximum Gasteiger partial charge on any atom is 0.248 e. The van der Waals surface area contributed by atoms with Crippen molar-refractivity contribution in [2.75, 3.05) is 0 Å². The van der Waals surface area contributed by atoms with Crippen molar-refractivity contribution in [2.45, 2.75) is 13.8 Å². The van der Waals surface area contributed by atoms with E-state index in [0.717, 1.165) is 0 Å². The van der Waals surface area contributed by atoms with Gasteiger partial charge in [0, 0.05) is 16.7 Å². The molecule has 4 nitrogen and oxygen atoms in total. The molecule has 0 fully saturated rings. The average molecular weight is 205 g/mol. The maximum atomic E-state index is 11.2. The number of amides is 1. The van der Waals surface area contributed by atoms with E-state index in [9.17, 15) is 14.4 Å². The second-order valence-corrected chi connectivity index (χ2v) is 3.24. The molecular formula is C11H11NO3. The standard InChI is InChI=1S/C11H11NO3/c1-6(13)9-4-3-8(11(12)15)5-10(9)7(2)14/h3-5H,1-2H3,(H2,12,15). The van der Waals surface area contributed by atoms with E-state index in [4.69, 9.17) is 5.73 Å². The lowest BCUT2D eigenvalue weighted by atomic mass is 9.98. The Morgan fingerprint density at radius 2 is 1.53 bits per heavy atom. The summed E-state index contributed by atoms with van der Waals surface area (Å²) in [6.45, 7) is 2.71. The van der Waals surface area contributed by atoms with Crippen LogP contribution in [0.1, 0.15) is 44.9 Å². The molecule has 78 valence electrons. The molecule has 0 radical (unpaired) electrons. The molecule has 1 rings (SSSR count). The molecule has 0 aromatic heterocycles. The molecule has 0 heterocycles. The fraction of sp³-hybridized carbons (Fsp3) is 0.182. The summed E-state index contributed by atoms with van der Waals surface area (Å²) in [5.74, 6) is -1.09. The number of hydrogen-bond acceptors (Lipinski definition) is 3. The summed E-state index contributed by atoms with van der Waals surface area (Å²) in [6.07, 6.45) is 0. The lowest BCUT2D eigenvalue weighted by molar-refractivity contribution is 0.0978. The first kappa shape index (κ1) is 11.1. The van der Waals surface area contributed by atoms with Crippen LogP contribution in [-0.2, 0) is 0 Å². The monoisotopic (exact) mass is 205 g/mol. The van der Waals surface area contributed by atoms with Crippen LogP contribution in [0.2, 0.25) is 0 Å². The highest BCUT2D eigenvalue weighted by molar-refractivity contribution is 6.08. The lowest BCUT2D eigenvalue weighted by Gasteiger charge is -2.04. The minimum Gasteiger partial charge on any atom is -0.366 e. The highest BCUT2D eigenvalue weighted by Crippen LogP contribution is 2.13. The SMILES string of the molecule is CC(=O)c1ccc(C(N)=O)cc1C(C)=O. The van der Waals surface area contributed by atoms with Crippen molar-refractivity contribution < 1.29 is 14.4 Å². The predicted molar refractivity (Wildman–Crippen MR) is 55.0 cm³/mol. The van der Waals surface area contributed by atoms with Crippen LogP contribution in [0.3, 0.4) is 0 Å². The van der Waals surface area contributed by atoms with E-state index < -0.39 is 5.91 Å². The van der Waals surface area contributed by atoms with Crippen LogP contribution in [0.15, 0.2) is 18.2 Å². The first-order valence-corrected chi connectivity index (χ1v) is 4.39. The molecule has 0 atom stereocenters. The van der Waals surface area contributed by atoms with Gasteiger partial charge in [0.25, 0.3) is 0 Å². The normalized spacial score (nSPS) is 9.73. The van der Waals surface area contributed by atoms with Gasteiger partial charge in [0.15, 0.2) is 11.6 Å². The van der Waals surface area contributed by atoms with E-state index in [2.05, 4.69) is 0 Å². The Bertz CT molecular complexity index is 449. The quantitative estimate of drug-likeness (QED) is 0.753. The largest absolute Gasteiger partial charge is 0.366 e. The van der Waals surface area contributed by atoms with E-state index in [-0.39, 0.29) is 22.7 Å². The second kappa shape index (κ2) is 4.04. The van der Waals surface area contributed by atoms with Gasteiger partial charge < -0.3 is 5.73 Å². The van der Waals surface area contributed by atoms with Crippen LogP contribution in [0.25, 0.3) is 0 Å². The zero-order valence-electron chi connectivity index (χ0n) is 8.53. The molecule has 0 spiro atoms. The molecule has 4 heteroatoms. The Morgan fingerprint density at radius 1 is 1.00 bits per heavy atom. The maximum absolute atomic E-state index is 11.2. The Hall–Kier alpha value is -1.97. The number of benzene rings is 1. The predicted octanol–water partition coefficient (Wildman–Crippen LogP) is 1.19. The van der Waals surface area contributed by atoms with Crippen LogP contribution in [0.5, 0.6) is 0 Å². The number of hydrogen-bond donors (Lipinski definition) is 1. The van der Waals surface area contributed by atoms with Gasteiger partial charge >= 0.3 is 0 Å². The van der Waals surface area contributed by atoms with Crippen molar-refractivity contribution in [3.63, 3.8) is 0 Å². The Labute approximate surface area is 87.1 Å². The van der Waals surface area contributed by atoms with Crippen molar-refractivity contribution in [3.8, 4) is 0 Å². The Morgan fingerprint density at radius 3 is 1.93 bits per heavy atom. The van der Waals surface area contributed by atoms with Gasteiger partial charge in [0.1, 0.15) is 0 Å². The number of carbonyl (C=O) groups excluding carboxylic acids is 3. The van der Waals surface area contributed by atoms with Crippen molar-refractivity contribution in [1.29, 1.82) is 0 Å². The molecule has 1 aromatic carbocycles. The van der Waals surface area contributed by atoms with Gasteiger partial charge in [0.2, 0.25) is 5.91 Å². The van der Waals surface area contributed by atoms with Crippen molar-refractivity contribution >= 4 is 17.5 Å². The minimum absolute atomic E-state index is 0.212. The van der Waals surface area contributed by atoms with Gasteiger partial charge in [-0.25, -0.2) is 0 Å². The van der Waals surface area contributed by atoms with Crippen LogP contribution in [0.4, 0.5) is 0 Å². The van der Waals surface area contributed by atoms with Crippen LogP contribution >= 0.6 is 0 Å². The summed E-state index contributed by atoms with van der Waals surface area (Å²) in [6, 6.07) is 4.23. The van der Waals surface area contributed by atoms with Gasteiger partial charge in [-0.1, -0.05) is 0 Å². The fourth-order valence-corrected chi connectivity index (χ4v) is 1.30. The number of primary amides is 1. The summed E-state index contributed by atoms with van der Waals surface area (Å²) < 4.78 is 0. The summed E-state index contributed by atoms with van der Waals surface area (Å²) in [5.41, 5.74) is 5.85. The molecule has 0 bridgehead atoms. The average Bonchev–Trinajstić information content (AvgIpc) is 2.16. The molecule has 15 heavy (non-hydrogen) atoms. The van der Waals surface area contributed by atoms with Crippen molar-refractivity contribution in [2.24, 2.45) is 5.73 Å². The first-order valence-electron chi connectivity index (χ1n) is 4.39. The summed E-state index contributed by atoms with van der Waals surface area (Å²) in [5, 5.41) is 0. The van der Waals surface area contributed by atoms with Gasteiger partial charge in [0.05, 0.1) is 0 Å². The van der Waals surface area contributed by atoms with Crippen molar-refractivity contribution in [1.82, 2.24) is 0 Å². The van der Waals surface area contributed by atoms with E-state index in [0.29, 0.717) is 5.56 Å². The summed E-state index contributed by atoms with van der Waals surface area (Å²) in [4.78, 5) is 33.3. The van der Waals surface area contributed by atoms with Crippen LogP contribution in [0, 0.1) is 0 Å². The Balaban J connectivity index is 3.40. The molecule has 2 N–H and O–H groups in total. The topological polar surface area (TPSA) is 77.2 Å². The van der Waals surface area contributed by atoms with Crippen LogP contribution in [-0.4, -0.2) is 17.5 Å². The zero-order valence-corrected chi connectivity index (χ0v) is 8.53. The molecule has 1 aromatic rings. The Kier molecular flexibility index (Phi) is 2.99. The van der Waals surface area contributed by atoms with E-state index >= 15 is 0 Å². The fourth-order valence-electron chi connectivity index (χ4n) is 1.30. The number of rotatable bonds is 3. The number of carbonyl (C=O) groups is 3. The van der Waals surface area contributed by atoms with E-state index in [1.165, 1.54) is 32.0 Å². The third kappa shape index (κ3) is 2.28. The molecule has 0 unspecified atom stereocenters. The van der Waals surface area contributed by atoms with Crippen LogP contribution < -0.4 is 5.73 Å². The smallest absolute Gasteiger partial charge is 0.248 e. The highest BCUT2D eigenvalue weighted by atomic mass is 16.1. The van der Waals surface area contributed by atoms with Gasteiger partial charge in [-0.15, -0.1) is 0 Å². The molecule has 1 amide bonds. The van der Waals surface area contributed by atoms with Gasteiger partial charge in [-0.2, -0.15) is 0 Å². The zero-order chi connectivity index (χ0) is 11.6. The summed E-state index contributed by atoms with van der Waals surface area (Å²) >= 11 is 0.